The smallest absolute Gasteiger partial charge is 0.266 e. The van der Waals surface area contributed by atoms with Crippen LogP contribution in [0, 0.1) is 15.3 Å². The number of methoxy groups -OCH3 is 1. The summed E-state index contributed by atoms with van der Waals surface area (Å²) in [6.45, 7) is 4.63. The normalized spacial score (nSPS) is 10.9. The van der Waals surface area contributed by atoms with E-state index in [-0.39, 0.29) is 29.4 Å². The van der Waals surface area contributed by atoms with Gasteiger partial charge in [0.25, 0.3) is 5.91 Å². The van der Waals surface area contributed by atoms with Crippen LogP contribution in [-0.2, 0) is 0 Å². The summed E-state index contributed by atoms with van der Waals surface area (Å²) in [5.41, 5.74) is 0.453. The van der Waals surface area contributed by atoms with Gasteiger partial charge in [-0.3, -0.25) is 9.78 Å². The average molecular weight is 677 g/mol. The molecule has 2 aromatic heterocycles. The van der Waals surface area contributed by atoms with Crippen molar-refractivity contribution >= 4 is 45.1 Å². The van der Waals surface area contributed by atoms with Gasteiger partial charge in [-0.05, 0) is 60.2 Å². The highest BCUT2D eigenvalue weighted by molar-refractivity contribution is 14.1. The van der Waals surface area contributed by atoms with Crippen molar-refractivity contribution in [1.82, 2.24) is 9.97 Å². The topological polar surface area (TPSA) is 83.0 Å². The fraction of sp³-hybridized carbons (Fsp3) is 0.300. The molecule has 8 nitrogen and oxygen atoms in total. The zero-order valence-corrected chi connectivity index (χ0v) is 25.3. The van der Waals surface area contributed by atoms with Crippen LogP contribution in [-0.4, -0.2) is 43.2 Å². The Hall–Kier alpha value is -3.74. The summed E-state index contributed by atoms with van der Waals surface area (Å²) >= 11 is 1.93. The van der Waals surface area contributed by atoms with Gasteiger partial charge in [-0.2, -0.15) is 4.39 Å². The van der Waals surface area contributed by atoms with Crippen LogP contribution in [0.4, 0.5) is 14.5 Å². The Kier molecular flexibility index (Phi) is 10.1. The summed E-state index contributed by atoms with van der Waals surface area (Å²) in [5.74, 6) is -0.969. The van der Waals surface area contributed by atoms with E-state index in [1.54, 1.807) is 44.5 Å². The van der Waals surface area contributed by atoms with Gasteiger partial charge in [-0.25, -0.2) is 9.37 Å². The Morgan fingerprint density at radius 1 is 0.951 bits per heavy atom. The number of rotatable bonds is 12. The fourth-order valence-corrected chi connectivity index (χ4v) is 4.83. The standard InChI is InChI=1S/C30H30F2IN3O5/c1-5-7-8-13-40-26-17-22-19(16-25(26)38-4)23(9-11-34-22)41-28-20(31)14-18(15-21(28)33)36(3)30(37)27-24(39-6-2)10-12-35-29(27)32/h9-12,14-17H,5-8,13H2,1-4H3. The predicted octanol–water partition coefficient (Wildman–Crippen LogP) is 7.56. The number of hydrogen-bond donors (Lipinski definition) is 0. The Morgan fingerprint density at radius 3 is 2.41 bits per heavy atom. The van der Waals surface area contributed by atoms with Crippen molar-refractivity contribution in [3.63, 3.8) is 0 Å². The molecule has 1 amide bonds. The minimum atomic E-state index is -0.975. The van der Waals surface area contributed by atoms with Gasteiger partial charge in [0.2, 0.25) is 5.95 Å². The van der Waals surface area contributed by atoms with Gasteiger partial charge >= 0.3 is 0 Å². The molecule has 0 unspecified atom stereocenters. The lowest BCUT2D eigenvalue weighted by molar-refractivity contribution is 0.0984. The number of fused-ring (bicyclic) bond motifs is 1. The number of nitrogens with zero attached hydrogens (tertiary/aromatic N) is 3. The second kappa shape index (κ2) is 13.7. The van der Waals surface area contributed by atoms with E-state index in [4.69, 9.17) is 18.9 Å². The van der Waals surface area contributed by atoms with Gasteiger partial charge in [0.05, 0.1) is 29.4 Å². The number of aromatic nitrogens is 2. The monoisotopic (exact) mass is 677 g/mol. The van der Waals surface area contributed by atoms with Gasteiger partial charge in [0.15, 0.2) is 23.1 Å². The highest BCUT2D eigenvalue weighted by atomic mass is 127. The van der Waals surface area contributed by atoms with Crippen molar-refractivity contribution in [2.75, 3.05) is 32.3 Å². The van der Waals surface area contributed by atoms with Crippen LogP contribution in [0.3, 0.4) is 0 Å². The maximum atomic E-state index is 15.5. The zero-order valence-electron chi connectivity index (χ0n) is 23.2. The van der Waals surface area contributed by atoms with Gasteiger partial charge in [0, 0.05) is 42.6 Å². The summed E-state index contributed by atoms with van der Waals surface area (Å²) in [5, 5.41) is 0.604. The molecule has 0 saturated carbocycles. The number of halogens is 3. The molecule has 0 bridgehead atoms. The zero-order chi connectivity index (χ0) is 29.5. The molecule has 2 aromatic carbocycles. The first-order chi connectivity index (χ1) is 19.8. The molecule has 0 fully saturated rings. The Bertz CT molecular complexity index is 1530. The van der Waals surface area contributed by atoms with E-state index in [2.05, 4.69) is 16.9 Å². The van der Waals surface area contributed by atoms with Crippen LogP contribution in [0.2, 0.25) is 0 Å². The molecule has 11 heteroatoms. The molecular weight excluding hydrogens is 647 g/mol. The van der Waals surface area contributed by atoms with Crippen LogP contribution < -0.4 is 23.8 Å². The molecule has 0 aliphatic rings. The lowest BCUT2D eigenvalue weighted by atomic mass is 10.1. The lowest BCUT2D eigenvalue weighted by Gasteiger charge is -2.21. The lowest BCUT2D eigenvalue weighted by Crippen LogP contribution is -2.28. The molecule has 0 N–H and O–H groups in total. The highest BCUT2D eigenvalue weighted by Gasteiger charge is 2.25. The van der Waals surface area contributed by atoms with E-state index in [1.807, 2.05) is 22.6 Å². The van der Waals surface area contributed by atoms with Crippen LogP contribution in [0.1, 0.15) is 43.5 Å². The summed E-state index contributed by atoms with van der Waals surface area (Å²) in [4.78, 5) is 22.3. The van der Waals surface area contributed by atoms with Gasteiger partial charge < -0.3 is 23.8 Å². The number of ether oxygens (including phenoxy) is 4. The highest BCUT2D eigenvalue weighted by Crippen LogP contribution is 2.40. The maximum absolute atomic E-state index is 15.5. The van der Waals surface area contributed by atoms with Gasteiger partial charge in [0.1, 0.15) is 17.1 Å². The molecule has 216 valence electrons. The minimum Gasteiger partial charge on any atom is -0.493 e. The predicted molar refractivity (Wildman–Crippen MR) is 161 cm³/mol. The number of anilines is 1. The first-order valence-corrected chi connectivity index (χ1v) is 14.2. The molecule has 0 spiro atoms. The van der Waals surface area contributed by atoms with E-state index in [0.29, 0.717) is 38.3 Å². The van der Waals surface area contributed by atoms with Crippen LogP contribution >= 0.6 is 22.6 Å². The molecule has 0 saturated heterocycles. The molecule has 4 aromatic rings. The quantitative estimate of drug-likeness (QED) is 0.0870. The van der Waals surface area contributed by atoms with Crippen molar-refractivity contribution < 1.29 is 32.5 Å². The Morgan fingerprint density at radius 2 is 1.71 bits per heavy atom. The number of carbonyl (C=O) groups excluding carboxylic acids is 1. The van der Waals surface area contributed by atoms with Crippen LogP contribution in [0.25, 0.3) is 10.9 Å². The number of unbranched alkanes of at least 4 members (excludes halogenated alkanes) is 2. The van der Waals surface area contributed by atoms with E-state index in [9.17, 15) is 9.18 Å². The number of pyridine rings is 2. The fourth-order valence-electron chi connectivity index (χ4n) is 4.15. The molecule has 0 atom stereocenters. The molecule has 2 heterocycles. The second-order valence-corrected chi connectivity index (χ2v) is 10.2. The summed E-state index contributed by atoms with van der Waals surface area (Å²) in [7, 11) is 2.96. The van der Waals surface area contributed by atoms with Crippen molar-refractivity contribution in [3.05, 3.63) is 69.7 Å². The second-order valence-electron chi connectivity index (χ2n) is 9.00. The van der Waals surface area contributed by atoms with Crippen LogP contribution in [0.5, 0.6) is 28.7 Å². The minimum absolute atomic E-state index is 0.0379. The summed E-state index contributed by atoms with van der Waals surface area (Å²) < 4.78 is 53.3. The Labute approximate surface area is 250 Å². The largest absolute Gasteiger partial charge is 0.493 e. The van der Waals surface area contributed by atoms with E-state index in [0.717, 1.165) is 30.2 Å². The van der Waals surface area contributed by atoms with E-state index < -0.39 is 17.7 Å². The molecule has 41 heavy (non-hydrogen) atoms. The number of carbonyl (C=O) groups is 1. The molecular formula is C30H30F2IN3O5. The van der Waals surface area contributed by atoms with Crippen molar-refractivity contribution in [3.8, 4) is 28.7 Å². The van der Waals surface area contributed by atoms with E-state index >= 15 is 4.39 Å². The third kappa shape index (κ3) is 6.77. The van der Waals surface area contributed by atoms with E-state index in [1.165, 1.54) is 19.3 Å². The van der Waals surface area contributed by atoms with Crippen LogP contribution in [0.15, 0.2) is 48.8 Å². The van der Waals surface area contributed by atoms with Gasteiger partial charge in [-0.1, -0.05) is 19.8 Å². The molecule has 0 aliphatic carbocycles. The first-order valence-electron chi connectivity index (χ1n) is 13.1. The van der Waals surface area contributed by atoms with Crippen molar-refractivity contribution in [2.24, 2.45) is 0 Å². The third-order valence-electron chi connectivity index (χ3n) is 6.26. The molecule has 0 radical (unpaired) electrons. The molecule has 0 aliphatic heterocycles. The third-order valence-corrected chi connectivity index (χ3v) is 7.06. The molecule has 4 rings (SSSR count). The Balaban J connectivity index is 1.63. The number of amides is 1. The number of benzene rings is 2. The summed E-state index contributed by atoms with van der Waals surface area (Å²) in [6.07, 6.45) is 5.85. The van der Waals surface area contributed by atoms with Crippen molar-refractivity contribution in [2.45, 2.75) is 33.1 Å². The maximum Gasteiger partial charge on any atom is 0.266 e. The SMILES string of the molecule is CCCCCOc1cc2nccc(Oc3c(F)cc(N(C)C(=O)c4c(OCC)ccnc4F)cc3I)c2cc1OC. The first kappa shape index (κ1) is 30.2. The van der Waals surface area contributed by atoms with Crippen molar-refractivity contribution in [1.29, 1.82) is 0 Å². The summed E-state index contributed by atoms with van der Waals surface area (Å²) in [6, 6.07) is 9.27. The number of hydrogen-bond acceptors (Lipinski definition) is 7. The average Bonchev–Trinajstić information content (AvgIpc) is 2.96. The van der Waals surface area contributed by atoms with Gasteiger partial charge in [-0.15, -0.1) is 0 Å².